The number of hydrogen-bond donors (Lipinski definition) is 1. The summed E-state index contributed by atoms with van der Waals surface area (Å²) in [5.74, 6) is 3.20. The van der Waals surface area contributed by atoms with Crippen LogP contribution in [0.4, 0.5) is 5.82 Å². The number of unbranched alkanes of at least 4 members (excludes halogenated alkanes) is 2. The third-order valence-electron chi connectivity index (χ3n) is 5.07. The van der Waals surface area contributed by atoms with Gasteiger partial charge in [-0.3, -0.25) is 9.20 Å². The first-order chi connectivity index (χ1) is 14.7. The lowest BCUT2D eigenvalue weighted by Crippen LogP contribution is -2.07. The normalized spacial score (nSPS) is 11.3. The number of ketones is 1. The number of carbonyl (C=O) groups excluding carboxylic acids is 1. The molecule has 0 bridgehead atoms. The third-order valence-corrected chi connectivity index (χ3v) is 5.07. The lowest BCUT2D eigenvalue weighted by molar-refractivity contribution is -0.118. The summed E-state index contributed by atoms with van der Waals surface area (Å²) >= 11 is 0. The van der Waals surface area contributed by atoms with Crippen molar-refractivity contribution in [2.24, 2.45) is 0 Å². The number of hydrogen-bond acceptors (Lipinski definition) is 7. The van der Waals surface area contributed by atoms with Gasteiger partial charge in [0.25, 0.3) is 0 Å². The molecule has 1 aromatic carbocycles. The van der Waals surface area contributed by atoms with Crippen LogP contribution in [0.15, 0.2) is 41.0 Å². The number of ether oxygens (including phenoxy) is 1. The van der Waals surface area contributed by atoms with Crippen molar-refractivity contribution in [1.82, 2.24) is 19.6 Å². The molecule has 156 valence electrons. The SMILES string of the molecule is COc1ccc2c(c1)nc(NCCCCCC(=O)Cc1ccco1)c1nnc(C)n12. The third kappa shape index (κ3) is 4.27. The number of nitrogens with zero attached hydrogens (tertiary/aromatic N) is 4. The molecular weight excluding hydrogens is 382 g/mol. The first-order valence-electron chi connectivity index (χ1n) is 10.1. The molecule has 3 heterocycles. The highest BCUT2D eigenvalue weighted by Gasteiger charge is 2.13. The van der Waals surface area contributed by atoms with Gasteiger partial charge in [0, 0.05) is 19.0 Å². The van der Waals surface area contributed by atoms with E-state index in [4.69, 9.17) is 14.1 Å². The van der Waals surface area contributed by atoms with E-state index in [2.05, 4.69) is 15.5 Å². The van der Waals surface area contributed by atoms with E-state index in [0.717, 1.165) is 54.2 Å². The van der Waals surface area contributed by atoms with Gasteiger partial charge in [-0.05, 0) is 44.0 Å². The minimum atomic E-state index is 0.212. The number of anilines is 1. The smallest absolute Gasteiger partial charge is 0.204 e. The molecule has 0 aliphatic carbocycles. The summed E-state index contributed by atoms with van der Waals surface area (Å²) in [7, 11) is 1.64. The highest BCUT2D eigenvalue weighted by Crippen LogP contribution is 2.25. The van der Waals surface area contributed by atoms with Crippen molar-refractivity contribution in [3.8, 4) is 5.75 Å². The topological polar surface area (TPSA) is 94.5 Å². The molecule has 8 nitrogen and oxygen atoms in total. The van der Waals surface area contributed by atoms with Gasteiger partial charge >= 0.3 is 0 Å². The van der Waals surface area contributed by atoms with Crippen LogP contribution in [0.25, 0.3) is 16.7 Å². The molecule has 4 aromatic rings. The number of fused-ring (bicyclic) bond motifs is 3. The summed E-state index contributed by atoms with van der Waals surface area (Å²) in [5, 5.41) is 11.9. The van der Waals surface area contributed by atoms with Gasteiger partial charge in [-0.25, -0.2) is 4.98 Å². The molecule has 0 unspecified atom stereocenters. The molecule has 0 saturated heterocycles. The minimum absolute atomic E-state index is 0.212. The Morgan fingerprint density at radius 1 is 1.20 bits per heavy atom. The monoisotopic (exact) mass is 407 g/mol. The van der Waals surface area contributed by atoms with Crippen LogP contribution in [-0.2, 0) is 11.2 Å². The Morgan fingerprint density at radius 2 is 2.10 bits per heavy atom. The van der Waals surface area contributed by atoms with Crippen LogP contribution in [-0.4, -0.2) is 39.0 Å². The second-order valence-electron chi connectivity index (χ2n) is 7.25. The number of aromatic nitrogens is 4. The van der Waals surface area contributed by atoms with Crippen molar-refractivity contribution in [1.29, 1.82) is 0 Å². The maximum absolute atomic E-state index is 12.0. The van der Waals surface area contributed by atoms with E-state index in [-0.39, 0.29) is 5.78 Å². The van der Waals surface area contributed by atoms with Crippen LogP contribution in [0, 0.1) is 6.92 Å². The van der Waals surface area contributed by atoms with Gasteiger partial charge in [0.15, 0.2) is 5.82 Å². The average molecular weight is 407 g/mol. The Labute approximate surface area is 174 Å². The van der Waals surface area contributed by atoms with E-state index in [1.54, 1.807) is 19.4 Å². The van der Waals surface area contributed by atoms with Crippen LogP contribution in [0.3, 0.4) is 0 Å². The maximum Gasteiger partial charge on any atom is 0.204 e. The van der Waals surface area contributed by atoms with Crippen molar-refractivity contribution in [3.05, 3.63) is 48.2 Å². The van der Waals surface area contributed by atoms with E-state index in [1.165, 1.54) is 0 Å². The number of rotatable bonds is 10. The van der Waals surface area contributed by atoms with Crippen molar-refractivity contribution >= 4 is 28.3 Å². The van der Waals surface area contributed by atoms with Crippen LogP contribution < -0.4 is 10.1 Å². The zero-order chi connectivity index (χ0) is 20.9. The fraction of sp³-hybridized carbons (Fsp3) is 0.364. The zero-order valence-electron chi connectivity index (χ0n) is 17.2. The number of methoxy groups -OCH3 is 1. The molecule has 0 radical (unpaired) electrons. The van der Waals surface area contributed by atoms with Crippen LogP contribution >= 0.6 is 0 Å². The fourth-order valence-electron chi connectivity index (χ4n) is 3.53. The standard InChI is InChI=1S/C22H25N5O3/c1-15-25-26-22-21(24-19-14-17(29-2)9-10-20(19)27(15)22)23-11-5-3-4-7-16(28)13-18-8-6-12-30-18/h6,8-10,12,14H,3-5,7,11,13H2,1-2H3,(H,23,24). The lowest BCUT2D eigenvalue weighted by Gasteiger charge is -2.10. The Bertz CT molecular complexity index is 1150. The fourth-order valence-corrected chi connectivity index (χ4v) is 3.53. The molecule has 0 aliphatic heterocycles. The Kier molecular flexibility index (Phi) is 5.92. The first-order valence-corrected chi connectivity index (χ1v) is 10.1. The molecule has 8 heteroatoms. The average Bonchev–Trinajstić information content (AvgIpc) is 3.40. The Balaban J connectivity index is 1.35. The molecule has 3 aromatic heterocycles. The van der Waals surface area contributed by atoms with E-state index in [9.17, 15) is 4.79 Å². The van der Waals surface area contributed by atoms with Gasteiger partial charge in [-0.1, -0.05) is 6.42 Å². The van der Waals surface area contributed by atoms with Crippen LogP contribution in [0.1, 0.15) is 37.3 Å². The first kappa shape index (κ1) is 19.9. The maximum atomic E-state index is 12.0. The molecule has 4 rings (SSSR count). The summed E-state index contributed by atoms with van der Waals surface area (Å²) in [6.45, 7) is 2.67. The van der Waals surface area contributed by atoms with Crippen molar-refractivity contribution in [2.45, 2.75) is 39.0 Å². The predicted molar refractivity (Wildman–Crippen MR) is 114 cm³/mol. The number of aryl methyl sites for hydroxylation is 1. The molecule has 0 saturated carbocycles. The molecule has 0 aliphatic rings. The summed E-state index contributed by atoms with van der Waals surface area (Å²) in [4.78, 5) is 16.7. The van der Waals surface area contributed by atoms with Gasteiger partial charge in [0.05, 0.1) is 30.8 Å². The van der Waals surface area contributed by atoms with Crippen molar-refractivity contribution < 1.29 is 13.9 Å². The summed E-state index contributed by atoms with van der Waals surface area (Å²) in [6, 6.07) is 9.42. The molecule has 0 fully saturated rings. The quantitative estimate of drug-likeness (QED) is 0.397. The summed E-state index contributed by atoms with van der Waals surface area (Å²) < 4.78 is 12.5. The van der Waals surface area contributed by atoms with E-state index < -0.39 is 0 Å². The van der Waals surface area contributed by atoms with Gasteiger partial charge in [0.1, 0.15) is 23.1 Å². The van der Waals surface area contributed by atoms with Gasteiger partial charge in [0.2, 0.25) is 5.65 Å². The number of nitrogens with one attached hydrogen (secondary N) is 1. The van der Waals surface area contributed by atoms with Crippen molar-refractivity contribution in [3.63, 3.8) is 0 Å². The largest absolute Gasteiger partial charge is 0.497 e. The summed E-state index contributed by atoms with van der Waals surface area (Å²) in [5.41, 5.74) is 2.46. The molecule has 1 N–H and O–H groups in total. The van der Waals surface area contributed by atoms with Crippen molar-refractivity contribution in [2.75, 3.05) is 19.0 Å². The van der Waals surface area contributed by atoms with Crippen LogP contribution in [0.2, 0.25) is 0 Å². The predicted octanol–water partition coefficient (Wildman–Crippen LogP) is 3.97. The van der Waals surface area contributed by atoms with Gasteiger partial charge in [-0.2, -0.15) is 0 Å². The van der Waals surface area contributed by atoms with E-state index in [1.807, 2.05) is 35.6 Å². The Morgan fingerprint density at radius 3 is 2.90 bits per heavy atom. The van der Waals surface area contributed by atoms with E-state index >= 15 is 0 Å². The highest BCUT2D eigenvalue weighted by molar-refractivity contribution is 5.84. The zero-order valence-corrected chi connectivity index (χ0v) is 17.2. The molecular formula is C22H25N5O3. The number of benzene rings is 1. The molecule has 0 amide bonds. The van der Waals surface area contributed by atoms with Gasteiger partial charge < -0.3 is 14.5 Å². The van der Waals surface area contributed by atoms with Gasteiger partial charge in [-0.15, -0.1) is 10.2 Å². The van der Waals surface area contributed by atoms with Crippen LogP contribution in [0.5, 0.6) is 5.75 Å². The Hall–Kier alpha value is -3.42. The second kappa shape index (κ2) is 8.94. The molecule has 30 heavy (non-hydrogen) atoms. The molecule has 0 atom stereocenters. The number of furan rings is 1. The number of Topliss-reactive ketones (excluding diaryl/α,β-unsaturated/α-hetero) is 1. The highest BCUT2D eigenvalue weighted by atomic mass is 16.5. The second-order valence-corrected chi connectivity index (χ2v) is 7.25. The number of carbonyl (C=O) groups is 1. The minimum Gasteiger partial charge on any atom is -0.497 e. The summed E-state index contributed by atoms with van der Waals surface area (Å²) in [6.07, 6.45) is 5.30. The molecule has 0 spiro atoms. The van der Waals surface area contributed by atoms with E-state index in [0.29, 0.717) is 24.3 Å². The lowest BCUT2D eigenvalue weighted by atomic mass is 10.1.